The molecule has 1 fully saturated rings. The fourth-order valence-electron chi connectivity index (χ4n) is 4.11. The van der Waals surface area contributed by atoms with Crippen LogP contribution in [0, 0.1) is 0 Å². The van der Waals surface area contributed by atoms with Gasteiger partial charge in [-0.15, -0.1) is 0 Å². The Morgan fingerprint density at radius 1 is 1.00 bits per heavy atom. The van der Waals surface area contributed by atoms with Gasteiger partial charge in [0.15, 0.2) is 0 Å². The molecule has 2 aliphatic heterocycles. The summed E-state index contributed by atoms with van der Waals surface area (Å²) < 4.78 is 0. The molecule has 2 aliphatic rings. The SMILES string of the molecule is CCCCCc1ccc(Nc2cccc3c2C(=O)N(C2CCC(=O)NC2=O)C3=O)cc1. The third-order valence-electron chi connectivity index (χ3n) is 5.77. The maximum atomic E-state index is 13.1. The normalized spacial score (nSPS) is 18.2. The van der Waals surface area contributed by atoms with Gasteiger partial charge in [-0.2, -0.15) is 0 Å². The van der Waals surface area contributed by atoms with Crippen LogP contribution in [0.3, 0.4) is 0 Å². The highest BCUT2D eigenvalue weighted by molar-refractivity contribution is 6.25. The molecule has 0 radical (unpaired) electrons. The summed E-state index contributed by atoms with van der Waals surface area (Å²) in [6.45, 7) is 2.18. The van der Waals surface area contributed by atoms with Crippen molar-refractivity contribution in [3.05, 3.63) is 59.2 Å². The number of hydrogen-bond acceptors (Lipinski definition) is 5. The number of carbonyl (C=O) groups excluding carboxylic acids is 4. The van der Waals surface area contributed by atoms with Crippen LogP contribution in [0.15, 0.2) is 42.5 Å². The molecular weight excluding hydrogens is 394 g/mol. The lowest BCUT2D eigenvalue weighted by Gasteiger charge is -2.27. The molecule has 7 nitrogen and oxygen atoms in total. The number of amides is 4. The van der Waals surface area contributed by atoms with Gasteiger partial charge in [0.05, 0.1) is 16.8 Å². The molecule has 2 aromatic rings. The van der Waals surface area contributed by atoms with E-state index in [-0.39, 0.29) is 24.0 Å². The predicted octanol–water partition coefficient (Wildman–Crippen LogP) is 3.56. The molecule has 1 unspecified atom stereocenters. The summed E-state index contributed by atoms with van der Waals surface area (Å²) in [5, 5.41) is 5.45. The largest absolute Gasteiger partial charge is 0.355 e. The topological polar surface area (TPSA) is 95.6 Å². The summed E-state index contributed by atoms with van der Waals surface area (Å²) in [5.74, 6) is -2.03. The van der Waals surface area contributed by atoms with Gasteiger partial charge in [0, 0.05) is 12.1 Å². The second-order valence-electron chi connectivity index (χ2n) is 7.95. The molecule has 0 saturated carbocycles. The average Bonchev–Trinajstić information content (AvgIpc) is 3.01. The number of unbranched alkanes of at least 4 members (excludes halogenated alkanes) is 2. The molecule has 7 heteroatoms. The van der Waals surface area contributed by atoms with E-state index in [0.717, 1.165) is 23.4 Å². The number of aryl methyl sites for hydroxylation is 1. The maximum absolute atomic E-state index is 13.1. The number of piperidine rings is 1. The Kier molecular flexibility index (Phi) is 5.84. The van der Waals surface area contributed by atoms with Crippen LogP contribution in [0.1, 0.15) is 65.3 Å². The van der Waals surface area contributed by atoms with E-state index in [2.05, 4.69) is 29.7 Å². The van der Waals surface area contributed by atoms with E-state index in [1.54, 1.807) is 18.2 Å². The number of benzene rings is 2. The highest BCUT2D eigenvalue weighted by atomic mass is 16.2. The smallest absolute Gasteiger partial charge is 0.264 e. The van der Waals surface area contributed by atoms with Crippen molar-refractivity contribution in [2.75, 3.05) is 5.32 Å². The Hall–Kier alpha value is -3.48. The molecule has 4 rings (SSSR count). The quantitative estimate of drug-likeness (QED) is 0.528. The fraction of sp³-hybridized carbons (Fsp3) is 0.333. The van der Waals surface area contributed by atoms with E-state index in [1.807, 2.05) is 12.1 Å². The molecule has 2 N–H and O–H groups in total. The Bertz CT molecular complexity index is 1050. The van der Waals surface area contributed by atoms with Crippen LogP contribution < -0.4 is 10.6 Å². The Labute approximate surface area is 180 Å². The van der Waals surface area contributed by atoms with Crippen LogP contribution >= 0.6 is 0 Å². The van der Waals surface area contributed by atoms with E-state index in [0.29, 0.717) is 5.69 Å². The highest BCUT2D eigenvalue weighted by Crippen LogP contribution is 2.33. The second kappa shape index (κ2) is 8.71. The molecule has 1 atom stereocenters. The van der Waals surface area contributed by atoms with Crippen LogP contribution in [0.2, 0.25) is 0 Å². The summed E-state index contributed by atoms with van der Waals surface area (Å²) in [6.07, 6.45) is 4.81. The molecule has 31 heavy (non-hydrogen) atoms. The van der Waals surface area contributed by atoms with E-state index in [4.69, 9.17) is 0 Å². The van der Waals surface area contributed by atoms with Crippen molar-refractivity contribution < 1.29 is 19.2 Å². The van der Waals surface area contributed by atoms with Crippen molar-refractivity contribution in [1.29, 1.82) is 0 Å². The standard InChI is InChI=1S/C24H25N3O4/c1-2-3-4-6-15-9-11-16(12-10-15)25-18-8-5-7-17-21(18)24(31)27(23(17)30)19-13-14-20(28)26-22(19)29/h5,7-12,19,25H,2-4,6,13-14H2,1H3,(H,26,28,29). The minimum Gasteiger partial charge on any atom is -0.355 e. The molecule has 1 saturated heterocycles. The first-order valence-electron chi connectivity index (χ1n) is 10.7. The average molecular weight is 419 g/mol. The van der Waals surface area contributed by atoms with Crippen molar-refractivity contribution in [3.63, 3.8) is 0 Å². The lowest BCUT2D eigenvalue weighted by atomic mass is 10.0. The van der Waals surface area contributed by atoms with Crippen molar-refractivity contribution >= 4 is 35.0 Å². The van der Waals surface area contributed by atoms with Crippen LogP contribution in [0.25, 0.3) is 0 Å². The zero-order chi connectivity index (χ0) is 22.0. The monoisotopic (exact) mass is 419 g/mol. The van der Waals surface area contributed by atoms with Crippen molar-refractivity contribution in [2.45, 2.75) is 51.5 Å². The van der Waals surface area contributed by atoms with Crippen LogP contribution in [-0.2, 0) is 16.0 Å². The second-order valence-corrected chi connectivity index (χ2v) is 7.95. The van der Waals surface area contributed by atoms with Crippen molar-refractivity contribution in [2.24, 2.45) is 0 Å². The molecule has 0 bridgehead atoms. The maximum Gasteiger partial charge on any atom is 0.264 e. The Morgan fingerprint density at radius 2 is 1.77 bits per heavy atom. The van der Waals surface area contributed by atoms with E-state index >= 15 is 0 Å². The van der Waals surface area contributed by atoms with Gasteiger partial charge in [-0.3, -0.25) is 29.4 Å². The van der Waals surface area contributed by atoms with Gasteiger partial charge >= 0.3 is 0 Å². The number of hydrogen-bond donors (Lipinski definition) is 2. The third-order valence-corrected chi connectivity index (χ3v) is 5.77. The highest BCUT2D eigenvalue weighted by Gasteiger charge is 2.45. The van der Waals surface area contributed by atoms with Gasteiger partial charge in [0.1, 0.15) is 6.04 Å². The van der Waals surface area contributed by atoms with Gasteiger partial charge in [0.25, 0.3) is 11.8 Å². The van der Waals surface area contributed by atoms with Gasteiger partial charge in [-0.05, 0) is 49.1 Å². The molecular formula is C24H25N3O4. The lowest BCUT2D eigenvalue weighted by Crippen LogP contribution is -2.54. The molecule has 4 amide bonds. The zero-order valence-corrected chi connectivity index (χ0v) is 17.4. The van der Waals surface area contributed by atoms with Crippen LogP contribution in [0.4, 0.5) is 11.4 Å². The molecule has 160 valence electrons. The number of anilines is 2. The first-order valence-corrected chi connectivity index (χ1v) is 10.7. The first kappa shape index (κ1) is 20.8. The summed E-state index contributed by atoms with van der Waals surface area (Å²) in [5.41, 5.74) is 3.10. The number of imide groups is 2. The fourth-order valence-corrected chi connectivity index (χ4v) is 4.11. The summed E-state index contributed by atoms with van der Waals surface area (Å²) in [4.78, 5) is 50.7. The molecule has 2 aromatic carbocycles. The minimum atomic E-state index is -0.972. The van der Waals surface area contributed by atoms with E-state index < -0.39 is 29.7 Å². The number of fused-ring (bicyclic) bond motifs is 1. The van der Waals surface area contributed by atoms with Gasteiger partial charge in [-0.1, -0.05) is 38.0 Å². The zero-order valence-electron chi connectivity index (χ0n) is 17.4. The molecule has 0 aromatic heterocycles. The van der Waals surface area contributed by atoms with Crippen molar-refractivity contribution in [1.82, 2.24) is 10.2 Å². The number of rotatable bonds is 7. The van der Waals surface area contributed by atoms with Gasteiger partial charge in [0.2, 0.25) is 11.8 Å². The predicted molar refractivity (Wildman–Crippen MR) is 116 cm³/mol. The van der Waals surface area contributed by atoms with E-state index in [9.17, 15) is 19.2 Å². The Morgan fingerprint density at radius 3 is 2.48 bits per heavy atom. The lowest BCUT2D eigenvalue weighted by molar-refractivity contribution is -0.136. The number of nitrogens with zero attached hydrogens (tertiary/aromatic N) is 1. The number of carbonyl (C=O) groups is 4. The van der Waals surface area contributed by atoms with Gasteiger partial charge in [-0.25, -0.2) is 0 Å². The molecule has 0 spiro atoms. The summed E-state index contributed by atoms with van der Waals surface area (Å²) in [6, 6.07) is 12.1. The van der Waals surface area contributed by atoms with Crippen LogP contribution in [-0.4, -0.2) is 34.6 Å². The van der Waals surface area contributed by atoms with Crippen LogP contribution in [0.5, 0.6) is 0 Å². The van der Waals surface area contributed by atoms with Gasteiger partial charge < -0.3 is 5.32 Å². The molecule has 2 heterocycles. The Balaban J connectivity index is 1.55. The first-order chi connectivity index (χ1) is 15.0. The summed E-state index contributed by atoms with van der Waals surface area (Å²) in [7, 11) is 0. The minimum absolute atomic E-state index is 0.0967. The molecule has 0 aliphatic carbocycles. The van der Waals surface area contributed by atoms with Crippen molar-refractivity contribution in [3.8, 4) is 0 Å². The summed E-state index contributed by atoms with van der Waals surface area (Å²) >= 11 is 0. The number of nitrogens with one attached hydrogen (secondary N) is 2. The van der Waals surface area contributed by atoms with E-state index in [1.165, 1.54) is 18.4 Å². The third kappa shape index (κ3) is 4.08.